The Morgan fingerprint density at radius 1 is 1.26 bits per heavy atom. The van der Waals surface area contributed by atoms with Crippen LogP contribution in [0.3, 0.4) is 0 Å². The molecule has 1 N–H and O–H groups in total. The van der Waals surface area contributed by atoms with Crippen LogP contribution in [0.1, 0.15) is 5.56 Å². The van der Waals surface area contributed by atoms with E-state index in [1.54, 1.807) is 6.07 Å². The molecule has 0 amide bonds. The average molecular weight is 302 g/mol. The Morgan fingerprint density at radius 3 is 2.32 bits per heavy atom. The monoisotopic (exact) mass is 301 g/mol. The van der Waals surface area contributed by atoms with Crippen LogP contribution in [0.25, 0.3) is 0 Å². The van der Waals surface area contributed by atoms with E-state index in [2.05, 4.69) is 13.2 Å². The molecule has 0 heterocycles. The second kappa shape index (κ2) is 6.86. The molecule has 0 bridgehead atoms. The highest BCUT2D eigenvalue weighted by Crippen LogP contribution is 2.26. The minimum Gasteiger partial charge on any atom is -0.392 e. The number of halogens is 1. The molecule has 6 heteroatoms. The Hall–Kier alpha value is -1.14. The van der Waals surface area contributed by atoms with Gasteiger partial charge in [-0.15, -0.1) is 13.2 Å². The molecule has 0 spiro atoms. The van der Waals surface area contributed by atoms with Gasteiger partial charge in [-0.3, -0.25) is 0 Å². The largest absolute Gasteiger partial charge is 0.392 e. The fourth-order valence-corrected chi connectivity index (χ4v) is 3.45. The van der Waals surface area contributed by atoms with Crippen LogP contribution in [0.15, 0.2) is 48.4 Å². The molecule has 0 atom stereocenters. The highest BCUT2D eigenvalue weighted by Gasteiger charge is 2.25. The summed E-state index contributed by atoms with van der Waals surface area (Å²) in [5.74, 6) is 0. The first-order valence-electron chi connectivity index (χ1n) is 5.58. The third-order valence-corrected chi connectivity index (χ3v) is 4.77. The van der Waals surface area contributed by atoms with Crippen LogP contribution in [-0.2, 0) is 16.6 Å². The molecule has 1 rings (SSSR count). The second-order valence-corrected chi connectivity index (χ2v) is 6.14. The lowest BCUT2D eigenvalue weighted by atomic mass is 10.2. The normalized spacial score (nSPS) is 11.5. The molecule has 0 radical (unpaired) electrons. The zero-order chi connectivity index (χ0) is 14.5. The summed E-state index contributed by atoms with van der Waals surface area (Å²) in [6.45, 7) is 7.14. The van der Waals surface area contributed by atoms with Gasteiger partial charge in [0.2, 0.25) is 10.0 Å². The summed E-state index contributed by atoms with van der Waals surface area (Å²) in [6, 6.07) is 4.41. The Kier molecular flexibility index (Phi) is 5.75. The van der Waals surface area contributed by atoms with Crippen LogP contribution in [0.5, 0.6) is 0 Å². The fraction of sp³-hybridized carbons (Fsp3) is 0.231. The predicted octanol–water partition coefficient (Wildman–Crippen LogP) is 2.20. The van der Waals surface area contributed by atoms with Crippen molar-refractivity contribution in [2.75, 3.05) is 13.1 Å². The van der Waals surface area contributed by atoms with Crippen molar-refractivity contribution in [3.8, 4) is 0 Å². The van der Waals surface area contributed by atoms with E-state index in [1.165, 1.54) is 28.6 Å². The van der Waals surface area contributed by atoms with Crippen molar-refractivity contribution in [3.63, 3.8) is 0 Å². The first-order valence-corrected chi connectivity index (χ1v) is 7.40. The Labute approximate surface area is 118 Å². The standard InChI is InChI=1S/C13H16ClNO3S/c1-3-7-15(8-4-2)19(17,18)13-9-11(10-16)5-6-12(13)14/h3-6,9,16H,1-2,7-8,10H2. The number of hydrogen-bond donors (Lipinski definition) is 1. The molecule has 0 aliphatic heterocycles. The van der Waals surface area contributed by atoms with E-state index in [0.717, 1.165) is 0 Å². The van der Waals surface area contributed by atoms with E-state index >= 15 is 0 Å². The molecule has 0 unspecified atom stereocenters. The lowest BCUT2D eigenvalue weighted by molar-refractivity contribution is 0.281. The van der Waals surface area contributed by atoms with Gasteiger partial charge < -0.3 is 5.11 Å². The van der Waals surface area contributed by atoms with Crippen LogP contribution in [0, 0.1) is 0 Å². The summed E-state index contributed by atoms with van der Waals surface area (Å²) in [6.07, 6.45) is 2.98. The first-order chi connectivity index (χ1) is 8.97. The maximum absolute atomic E-state index is 12.5. The van der Waals surface area contributed by atoms with Gasteiger partial charge in [0.25, 0.3) is 0 Å². The molecular formula is C13H16ClNO3S. The smallest absolute Gasteiger partial charge is 0.245 e. The average Bonchev–Trinajstić information content (AvgIpc) is 2.39. The lowest BCUT2D eigenvalue weighted by Crippen LogP contribution is -2.31. The zero-order valence-electron chi connectivity index (χ0n) is 10.4. The quantitative estimate of drug-likeness (QED) is 0.786. The molecule has 0 saturated carbocycles. The zero-order valence-corrected chi connectivity index (χ0v) is 12.0. The summed E-state index contributed by atoms with van der Waals surface area (Å²) < 4.78 is 26.1. The molecule has 0 fully saturated rings. The van der Waals surface area contributed by atoms with Gasteiger partial charge in [0.1, 0.15) is 4.90 Å². The van der Waals surface area contributed by atoms with E-state index in [4.69, 9.17) is 16.7 Å². The van der Waals surface area contributed by atoms with Gasteiger partial charge in [-0.05, 0) is 17.7 Å². The van der Waals surface area contributed by atoms with Crippen molar-refractivity contribution in [1.29, 1.82) is 0 Å². The highest BCUT2D eigenvalue weighted by molar-refractivity contribution is 7.89. The fourth-order valence-electron chi connectivity index (χ4n) is 1.54. The number of rotatable bonds is 7. The number of nitrogens with zero attached hydrogens (tertiary/aromatic N) is 1. The second-order valence-electron chi connectivity index (χ2n) is 3.82. The molecule has 1 aromatic carbocycles. The van der Waals surface area contributed by atoms with Gasteiger partial charge in [-0.1, -0.05) is 29.8 Å². The molecule has 104 valence electrons. The van der Waals surface area contributed by atoms with Crippen LogP contribution in [0.4, 0.5) is 0 Å². The van der Waals surface area contributed by atoms with Crippen molar-refractivity contribution in [2.24, 2.45) is 0 Å². The molecule has 19 heavy (non-hydrogen) atoms. The summed E-state index contributed by atoms with van der Waals surface area (Å²) in [4.78, 5) is -0.0237. The van der Waals surface area contributed by atoms with E-state index < -0.39 is 10.0 Å². The number of aliphatic hydroxyl groups is 1. The number of benzene rings is 1. The predicted molar refractivity (Wildman–Crippen MR) is 76.5 cm³/mol. The van der Waals surface area contributed by atoms with Gasteiger partial charge in [0.15, 0.2) is 0 Å². The van der Waals surface area contributed by atoms with E-state index in [9.17, 15) is 8.42 Å². The van der Waals surface area contributed by atoms with Crippen molar-refractivity contribution < 1.29 is 13.5 Å². The van der Waals surface area contributed by atoms with Crippen molar-refractivity contribution in [2.45, 2.75) is 11.5 Å². The van der Waals surface area contributed by atoms with E-state index in [1.807, 2.05) is 0 Å². The van der Waals surface area contributed by atoms with Crippen molar-refractivity contribution >= 4 is 21.6 Å². The minimum atomic E-state index is -3.74. The van der Waals surface area contributed by atoms with E-state index in [0.29, 0.717) is 5.56 Å². The molecule has 0 saturated heterocycles. The van der Waals surface area contributed by atoms with Gasteiger partial charge >= 0.3 is 0 Å². The third kappa shape index (κ3) is 3.67. The number of aliphatic hydroxyl groups excluding tert-OH is 1. The Balaban J connectivity index is 3.31. The molecule has 1 aromatic rings. The molecule has 0 aliphatic carbocycles. The van der Waals surface area contributed by atoms with Crippen LogP contribution in [0.2, 0.25) is 5.02 Å². The number of hydrogen-bond acceptors (Lipinski definition) is 3. The minimum absolute atomic E-state index is 0.0237. The Bertz CT molecular complexity index is 559. The molecule has 4 nitrogen and oxygen atoms in total. The van der Waals surface area contributed by atoms with Crippen LogP contribution in [-0.4, -0.2) is 30.9 Å². The maximum Gasteiger partial charge on any atom is 0.245 e. The topological polar surface area (TPSA) is 57.6 Å². The van der Waals surface area contributed by atoms with Crippen molar-refractivity contribution in [1.82, 2.24) is 4.31 Å². The summed E-state index contributed by atoms with van der Waals surface area (Å²) in [5.41, 5.74) is 0.486. The van der Waals surface area contributed by atoms with Crippen LogP contribution < -0.4 is 0 Å². The van der Waals surface area contributed by atoms with E-state index in [-0.39, 0.29) is 29.6 Å². The summed E-state index contributed by atoms with van der Waals surface area (Å²) in [5, 5.41) is 9.20. The summed E-state index contributed by atoms with van der Waals surface area (Å²) in [7, 11) is -3.74. The summed E-state index contributed by atoms with van der Waals surface area (Å²) >= 11 is 5.94. The lowest BCUT2D eigenvalue weighted by Gasteiger charge is -2.20. The molecule has 0 aromatic heterocycles. The SMILES string of the molecule is C=CCN(CC=C)S(=O)(=O)c1cc(CO)ccc1Cl. The van der Waals surface area contributed by atoms with Gasteiger partial charge in [-0.25, -0.2) is 8.42 Å². The highest BCUT2D eigenvalue weighted by atomic mass is 35.5. The van der Waals surface area contributed by atoms with Crippen molar-refractivity contribution in [3.05, 3.63) is 54.1 Å². The number of sulfonamides is 1. The Morgan fingerprint density at radius 2 is 1.84 bits per heavy atom. The van der Waals surface area contributed by atoms with Gasteiger partial charge in [-0.2, -0.15) is 4.31 Å². The van der Waals surface area contributed by atoms with Gasteiger partial charge in [0, 0.05) is 13.1 Å². The first kappa shape index (κ1) is 15.9. The van der Waals surface area contributed by atoms with Crippen LogP contribution >= 0.6 is 11.6 Å². The maximum atomic E-state index is 12.5. The molecular weight excluding hydrogens is 286 g/mol. The van der Waals surface area contributed by atoms with Gasteiger partial charge in [0.05, 0.1) is 11.6 Å². The third-order valence-electron chi connectivity index (χ3n) is 2.46. The molecule has 0 aliphatic rings.